The number of alkyl halides is 1. The van der Waals surface area contributed by atoms with Gasteiger partial charge in [0.2, 0.25) is 0 Å². The summed E-state index contributed by atoms with van der Waals surface area (Å²) in [6, 6.07) is 0. The van der Waals surface area contributed by atoms with E-state index in [1.54, 1.807) is 0 Å². The maximum Gasteiger partial charge on any atom is 0.130 e. The monoisotopic (exact) mass is 242 g/mol. The second-order valence-corrected chi connectivity index (χ2v) is 3.84. The lowest BCUT2D eigenvalue weighted by molar-refractivity contribution is 0.269. The SMILES string of the molecule is C=C(N)CN(NC(=C)CNCCC)C(=C)CF. The molecule has 0 spiro atoms. The molecule has 0 bridgehead atoms. The zero-order valence-electron chi connectivity index (χ0n) is 10.6. The molecule has 0 atom stereocenters. The van der Waals surface area contributed by atoms with Crippen LogP contribution in [0.3, 0.4) is 0 Å². The van der Waals surface area contributed by atoms with Crippen LogP contribution in [0.2, 0.25) is 0 Å². The van der Waals surface area contributed by atoms with Gasteiger partial charge in [-0.3, -0.25) is 5.01 Å². The Balaban J connectivity index is 4.18. The summed E-state index contributed by atoms with van der Waals surface area (Å²) < 4.78 is 12.5. The Hall–Kier alpha value is -1.49. The number of allylic oxidation sites excluding steroid dienone is 1. The average molecular weight is 242 g/mol. The molecular formula is C12H23FN4. The lowest BCUT2D eigenvalue weighted by Crippen LogP contribution is -2.41. The first kappa shape index (κ1) is 15.5. The van der Waals surface area contributed by atoms with E-state index in [9.17, 15) is 4.39 Å². The van der Waals surface area contributed by atoms with Crippen LogP contribution < -0.4 is 16.5 Å². The van der Waals surface area contributed by atoms with Gasteiger partial charge in [-0.1, -0.05) is 26.7 Å². The van der Waals surface area contributed by atoms with Crippen LogP contribution in [-0.4, -0.2) is 31.3 Å². The van der Waals surface area contributed by atoms with E-state index in [1.165, 1.54) is 5.01 Å². The highest BCUT2D eigenvalue weighted by Crippen LogP contribution is 2.02. The summed E-state index contributed by atoms with van der Waals surface area (Å²) in [5, 5.41) is 4.70. The molecule has 0 fully saturated rings. The average Bonchev–Trinajstić information content (AvgIpc) is 2.27. The number of hydrazine groups is 1. The predicted octanol–water partition coefficient (Wildman–Crippen LogP) is 1.26. The summed E-state index contributed by atoms with van der Waals surface area (Å²) in [7, 11) is 0. The van der Waals surface area contributed by atoms with Gasteiger partial charge < -0.3 is 16.5 Å². The van der Waals surface area contributed by atoms with Crippen LogP contribution in [-0.2, 0) is 0 Å². The minimum absolute atomic E-state index is 0.299. The number of nitrogens with one attached hydrogen (secondary N) is 2. The maximum atomic E-state index is 12.5. The molecule has 0 saturated heterocycles. The second kappa shape index (κ2) is 8.64. The van der Waals surface area contributed by atoms with Crippen LogP contribution >= 0.6 is 0 Å². The summed E-state index contributed by atoms with van der Waals surface area (Å²) in [6.07, 6.45) is 1.05. The Kier molecular flexibility index (Phi) is 7.88. The van der Waals surface area contributed by atoms with Gasteiger partial charge in [0.05, 0.1) is 12.2 Å². The minimum atomic E-state index is -0.643. The molecule has 98 valence electrons. The molecule has 0 saturated carbocycles. The molecule has 4 N–H and O–H groups in total. The summed E-state index contributed by atoms with van der Waals surface area (Å²) in [5.74, 6) is 0. The van der Waals surface area contributed by atoms with Gasteiger partial charge in [0, 0.05) is 17.9 Å². The maximum absolute atomic E-state index is 12.5. The van der Waals surface area contributed by atoms with Gasteiger partial charge in [-0.2, -0.15) is 0 Å². The zero-order valence-corrected chi connectivity index (χ0v) is 10.6. The van der Waals surface area contributed by atoms with Crippen molar-refractivity contribution in [2.75, 3.05) is 26.3 Å². The molecule has 0 radical (unpaired) electrons. The van der Waals surface area contributed by atoms with Crippen LogP contribution in [0.5, 0.6) is 0 Å². The van der Waals surface area contributed by atoms with E-state index in [0.29, 0.717) is 24.5 Å². The molecule has 17 heavy (non-hydrogen) atoms. The van der Waals surface area contributed by atoms with Crippen molar-refractivity contribution in [3.05, 3.63) is 36.8 Å². The fraction of sp³-hybridized carbons (Fsp3) is 0.500. The lowest BCUT2D eigenvalue weighted by atomic mass is 10.4. The van der Waals surface area contributed by atoms with E-state index in [2.05, 4.69) is 37.4 Å². The number of rotatable bonds is 10. The topological polar surface area (TPSA) is 53.3 Å². The normalized spacial score (nSPS) is 9.76. The zero-order chi connectivity index (χ0) is 13.3. The first-order chi connectivity index (χ1) is 8.01. The number of nitrogens with zero attached hydrogens (tertiary/aromatic N) is 1. The van der Waals surface area contributed by atoms with Crippen LogP contribution in [0.15, 0.2) is 36.8 Å². The summed E-state index contributed by atoms with van der Waals surface area (Å²) in [4.78, 5) is 0. The fourth-order valence-electron chi connectivity index (χ4n) is 1.15. The van der Waals surface area contributed by atoms with Gasteiger partial charge in [-0.15, -0.1) is 0 Å². The van der Waals surface area contributed by atoms with E-state index >= 15 is 0 Å². The number of hydrogen-bond acceptors (Lipinski definition) is 4. The minimum Gasteiger partial charge on any atom is -0.401 e. The number of halogens is 1. The van der Waals surface area contributed by atoms with Gasteiger partial charge in [0.15, 0.2) is 0 Å². The van der Waals surface area contributed by atoms with E-state index < -0.39 is 6.67 Å². The molecule has 0 rings (SSSR count). The van der Waals surface area contributed by atoms with Crippen molar-refractivity contribution in [2.24, 2.45) is 5.73 Å². The Labute approximate surface area is 103 Å². The van der Waals surface area contributed by atoms with Gasteiger partial charge in [0.1, 0.15) is 6.67 Å². The molecular weight excluding hydrogens is 219 g/mol. The molecule has 0 unspecified atom stereocenters. The molecule has 5 heteroatoms. The van der Waals surface area contributed by atoms with E-state index in [-0.39, 0.29) is 0 Å². The second-order valence-electron chi connectivity index (χ2n) is 3.84. The molecule has 0 amide bonds. The van der Waals surface area contributed by atoms with Crippen molar-refractivity contribution in [1.29, 1.82) is 0 Å². The molecule has 0 aromatic rings. The van der Waals surface area contributed by atoms with Crippen molar-refractivity contribution >= 4 is 0 Å². The summed E-state index contributed by atoms with van der Waals surface area (Å²) >= 11 is 0. The quantitative estimate of drug-likeness (QED) is 0.399. The molecule has 0 aliphatic heterocycles. The van der Waals surface area contributed by atoms with Crippen LogP contribution in [0, 0.1) is 0 Å². The van der Waals surface area contributed by atoms with Crippen molar-refractivity contribution in [2.45, 2.75) is 13.3 Å². The standard InChI is InChI=1S/C12H23FN4/c1-5-6-15-8-11(3)16-17(9-10(2)14)12(4)7-13/h15-16H,2-9,14H2,1H3. The van der Waals surface area contributed by atoms with Gasteiger partial charge in [-0.25, -0.2) is 4.39 Å². The lowest BCUT2D eigenvalue weighted by Gasteiger charge is -2.28. The number of hydrogen-bond donors (Lipinski definition) is 3. The Bertz CT molecular complexity index is 276. The molecule has 0 heterocycles. The Morgan fingerprint density at radius 1 is 1.35 bits per heavy atom. The highest BCUT2D eigenvalue weighted by Gasteiger charge is 2.08. The van der Waals surface area contributed by atoms with Crippen LogP contribution in [0.1, 0.15) is 13.3 Å². The third-order valence-corrected chi connectivity index (χ3v) is 1.96. The fourth-order valence-corrected chi connectivity index (χ4v) is 1.15. The summed E-state index contributed by atoms with van der Waals surface area (Å²) in [6.45, 7) is 14.3. The van der Waals surface area contributed by atoms with Gasteiger partial charge in [0.25, 0.3) is 0 Å². The predicted molar refractivity (Wildman–Crippen MR) is 70.6 cm³/mol. The highest BCUT2D eigenvalue weighted by molar-refractivity contribution is 5.03. The molecule has 0 aromatic carbocycles. The van der Waals surface area contributed by atoms with Crippen molar-refractivity contribution < 1.29 is 4.39 Å². The van der Waals surface area contributed by atoms with E-state index in [0.717, 1.165) is 18.7 Å². The van der Waals surface area contributed by atoms with E-state index in [1.807, 2.05) is 0 Å². The Morgan fingerprint density at radius 3 is 2.47 bits per heavy atom. The first-order valence-electron chi connectivity index (χ1n) is 5.60. The third-order valence-electron chi connectivity index (χ3n) is 1.96. The van der Waals surface area contributed by atoms with Crippen LogP contribution in [0.4, 0.5) is 4.39 Å². The van der Waals surface area contributed by atoms with Gasteiger partial charge in [-0.05, 0) is 13.0 Å². The third kappa shape index (κ3) is 7.41. The highest BCUT2D eigenvalue weighted by atomic mass is 19.1. The van der Waals surface area contributed by atoms with Crippen LogP contribution in [0.25, 0.3) is 0 Å². The first-order valence-corrected chi connectivity index (χ1v) is 5.60. The molecule has 0 aromatic heterocycles. The van der Waals surface area contributed by atoms with E-state index in [4.69, 9.17) is 5.73 Å². The molecule has 4 nitrogen and oxygen atoms in total. The smallest absolute Gasteiger partial charge is 0.130 e. The number of nitrogens with two attached hydrogens (primary N) is 1. The van der Waals surface area contributed by atoms with Crippen molar-refractivity contribution in [3.63, 3.8) is 0 Å². The molecule has 0 aliphatic carbocycles. The van der Waals surface area contributed by atoms with Crippen molar-refractivity contribution in [1.82, 2.24) is 15.8 Å². The summed E-state index contributed by atoms with van der Waals surface area (Å²) in [5.41, 5.74) is 9.91. The van der Waals surface area contributed by atoms with Gasteiger partial charge >= 0.3 is 0 Å². The molecule has 0 aliphatic rings. The largest absolute Gasteiger partial charge is 0.401 e. The Morgan fingerprint density at radius 2 is 2.00 bits per heavy atom. The van der Waals surface area contributed by atoms with Crippen molar-refractivity contribution in [3.8, 4) is 0 Å².